The molecule has 0 fully saturated rings. The minimum absolute atomic E-state index is 0.339. The first-order valence-corrected chi connectivity index (χ1v) is 5.83. The maximum atomic E-state index is 5.77. The molecule has 1 unspecified atom stereocenters. The van der Waals surface area contributed by atoms with Crippen molar-refractivity contribution in [2.24, 2.45) is 0 Å². The fraction of sp³-hybridized carbons (Fsp3) is 0.200. The van der Waals surface area contributed by atoms with Crippen molar-refractivity contribution in [3.8, 4) is 11.5 Å². The van der Waals surface area contributed by atoms with E-state index in [1.807, 2.05) is 48.5 Å². The zero-order valence-corrected chi connectivity index (χ0v) is 9.50. The molecule has 17 heavy (non-hydrogen) atoms. The van der Waals surface area contributed by atoms with E-state index in [9.17, 15) is 0 Å². The topological polar surface area (TPSA) is 18.5 Å². The maximum Gasteiger partial charge on any atom is 0.123 e. The Bertz CT molecular complexity index is 493. The van der Waals surface area contributed by atoms with Gasteiger partial charge in [-0.15, -0.1) is 0 Å². The Morgan fingerprint density at radius 1 is 1.00 bits per heavy atom. The largest absolute Gasteiger partial charge is 0.493 e. The summed E-state index contributed by atoms with van der Waals surface area (Å²) in [6, 6.07) is 18.1. The third kappa shape index (κ3) is 2.11. The van der Waals surface area contributed by atoms with Gasteiger partial charge >= 0.3 is 0 Å². The van der Waals surface area contributed by atoms with E-state index in [2.05, 4.69) is 6.07 Å². The average molecular weight is 226 g/mol. The normalized spacial score (nSPS) is 17.3. The third-order valence-corrected chi connectivity index (χ3v) is 2.99. The summed E-state index contributed by atoms with van der Waals surface area (Å²) in [6.07, 6.45) is 0. The molecular weight excluding hydrogens is 212 g/mol. The van der Waals surface area contributed by atoms with Gasteiger partial charge in [-0.3, -0.25) is 0 Å². The second-order valence-electron chi connectivity index (χ2n) is 4.17. The molecule has 0 aromatic heterocycles. The fourth-order valence-electron chi connectivity index (χ4n) is 2.08. The van der Waals surface area contributed by atoms with Crippen LogP contribution < -0.4 is 9.47 Å². The van der Waals surface area contributed by atoms with Crippen LogP contribution in [0.2, 0.25) is 0 Å². The van der Waals surface area contributed by atoms with Crippen LogP contribution in [0.5, 0.6) is 11.5 Å². The van der Waals surface area contributed by atoms with Gasteiger partial charge in [0, 0.05) is 5.56 Å². The maximum absolute atomic E-state index is 5.77. The second-order valence-corrected chi connectivity index (χ2v) is 4.17. The summed E-state index contributed by atoms with van der Waals surface area (Å²) in [5.41, 5.74) is 1.25. The molecule has 86 valence electrons. The van der Waals surface area contributed by atoms with Gasteiger partial charge in [-0.2, -0.15) is 0 Å². The van der Waals surface area contributed by atoms with Crippen molar-refractivity contribution in [1.82, 2.24) is 0 Å². The molecule has 0 radical (unpaired) electrons. The van der Waals surface area contributed by atoms with E-state index in [0.29, 0.717) is 19.1 Å². The average Bonchev–Trinajstić information content (AvgIpc) is 2.81. The molecule has 0 bridgehead atoms. The lowest BCUT2D eigenvalue weighted by Crippen LogP contribution is -2.11. The van der Waals surface area contributed by atoms with Gasteiger partial charge in [-0.1, -0.05) is 36.4 Å². The molecule has 1 heterocycles. The van der Waals surface area contributed by atoms with Crippen molar-refractivity contribution >= 4 is 0 Å². The van der Waals surface area contributed by atoms with Crippen LogP contribution in [0.25, 0.3) is 0 Å². The van der Waals surface area contributed by atoms with Crippen molar-refractivity contribution in [2.75, 3.05) is 13.2 Å². The van der Waals surface area contributed by atoms with E-state index in [0.717, 1.165) is 11.5 Å². The highest BCUT2D eigenvalue weighted by atomic mass is 16.5. The molecule has 1 aliphatic rings. The molecule has 0 spiro atoms. The Labute approximate surface area is 101 Å². The van der Waals surface area contributed by atoms with E-state index >= 15 is 0 Å². The van der Waals surface area contributed by atoms with Crippen LogP contribution in [0.4, 0.5) is 0 Å². The lowest BCUT2D eigenvalue weighted by molar-refractivity contribution is 0.248. The van der Waals surface area contributed by atoms with Gasteiger partial charge in [0.25, 0.3) is 0 Å². The molecule has 2 nitrogen and oxygen atoms in total. The quantitative estimate of drug-likeness (QED) is 0.799. The highest BCUT2D eigenvalue weighted by molar-refractivity contribution is 5.39. The summed E-state index contributed by atoms with van der Waals surface area (Å²) >= 11 is 0. The molecule has 0 saturated carbocycles. The summed E-state index contributed by atoms with van der Waals surface area (Å²) in [5.74, 6) is 2.25. The van der Waals surface area contributed by atoms with Gasteiger partial charge in [0.1, 0.15) is 11.5 Å². The first-order chi connectivity index (χ1) is 8.43. The Kier molecular flexibility index (Phi) is 2.70. The van der Waals surface area contributed by atoms with Crippen LogP contribution in [0.1, 0.15) is 11.5 Å². The third-order valence-electron chi connectivity index (χ3n) is 2.99. The first kappa shape index (κ1) is 10.2. The Hall–Kier alpha value is -1.96. The highest BCUT2D eigenvalue weighted by Crippen LogP contribution is 2.33. The van der Waals surface area contributed by atoms with Gasteiger partial charge in [0.05, 0.1) is 19.1 Å². The number of fused-ring (bicyclic) bond motifs is 1. The predicted molar refractivity (Wildman–Crippen MR) is 66.6 cm³/mol. The standard InChI is InChI=1S/C15H14O2/c1-2-6-13(7-3-1)16-10-12-11-17-15-9-5-4-8-14(12)15/h1-9,12H,10-11H2. The zero-order chi connectivity index (χ0) is 11.5. The van der Waals surface area contributed by atoms with Crippen LogP contribution in [0, 0.1) is 0 Å². The smallest absolute Gasteiger partial charge is 0.123 e. The summed E-state index contributed by atoms with van der Waals surface area (Å²) in [4.78, 5) is 0. The molecule has 3 rings (SSSR count). The highest BCUT2D eigenvalue weighted by Gasteiger charge is 2.23. The van der Waals surface area contributed by atoms with Gasteiger partial charge in [0.15, 0.2) is 0 Å². The number of benzene rings is 2. The van der Waals surface area contributed by atoms with Crippen molar-refractivity contribution in [3.05, 3.63) is 60.2 Å². The molecule has 0 amide bonds. The Balaban J connectivity index is 1.68. The summed E-state index contributed by atoms with van der Waals surface area (Å²) < 4.78 is 11.4. The molecule has 1 atom stereocenters. The van der Waals surface area contributed by atoms with Crippen LogP contribution in [0.3, 0.4) is 0 Å². The molecule has 2 aromatic rings. The van der Waals surface area contributed by atoms with E-state index < -0.39 is 0 Å². The zero-order valence-electron chi connectivity index (χ0n) is 9.50. The van der Waals surface area contributed by atoms with Crippen molar-refractivity contribution in [1.29, 1.82) is 0 Å². The molecule has 0 saturated heterocycles. The molecule has 2 heteroatoms. The monoisotopic (exact) mass is 226 g/mol. The number of para-hydroxylation sites is 2. The minimum atomic E-state index is 0.339. The van der Waals surface area contributed by atoms with E-state index in [4.69, 9.17) is 9.47 Å². The lowest BCUT2D eigenvalue weighted by atomic mass is 10.0. The molecule has 0 aliphatic carbocycles. The second kappa shape index (κ2) is 4.50. The summed E-state index contributed by atoms with van der Waals surface area (Å²) in [5, 5.41) is 0. The van der Waals surface area contributed by atoms with Crippen LogP contribution in [0.15, 0.2) is 54.6 Å². The van der Waals surface area contributed by atoms with Crippen molar-refractivity contribution in [2.45, 2.75) is 5.92 Å². The number of rotatable bonds is 3. The number of hydrogen-bond acceptors (Lipinski definition) is 2. The van der Waals surface area contributed by atoms with E-state index in [1.165, 1.54) is 5.56 Å². The van der Waals surface area contributed by atoms with Crippen molar-refractivity contribution < 1.29 is 9.47 Å². The Morgan fingerprint density at radius 3 is 2.65 bits per heavy atom. The van der Waals surface area contributed by atoms with E-state index in [-0.39, 0.29) is 0 Å². The fourth-order valence-corrected chi connectivity index (χ4v) is 2.08. The first-order valence-electron chi connectivity index (χ1n) is 5.83. The summed E-state index contributed by atoms with van der Waals surface area (Å²) in [7, 11) is 0. The predicted octanol–water partition coefficient (Wildman–Crippen LogP) is 3.24. The van der Waals surface area contributed by atoms with Gasteiger partial charge in [-0.05, 0) is 18.2 Å². The SMILES string of the molecule is c1ccc(OCC2COc3ccccc32)cc1. The van der Waals surface area contributed by atoms with E-state index in [1.54, 1.807) is 0 Å². The molecule has 2 aromatic carbocycles. The number of ether oxygens (including phenoxy) is 2. The van der Waals surface area contributed by atoms with Crippen LogP contribution in [-0.4, -0.2) is 13.2 Å². The minimum Gasteiger partial charge on any atom is -0.493 e. The van der Waals surface area contributed by atoms with Crippen molar-refractivity contribution in [3.63, 3.8) is 0 Å². The Morgan fingerprint density at radius 2 is 1.76 bits per heavy atom. The molecule has 0 N–H and O–H groups in total. The summed E-state index contributed by atoms with van der Waals surface area (Å²) in [6.45, 7) is 1.38. The molecular formula is C15H14O2. The number of hydrogen-bond donors (Lipinski definition) is 0. The van der Waals surface area contributed by atoms with Crippen LogP contribution in [-0.2, 0) is 0 Å². The van der Waals surface area contributed by atoms with Gasteiger partial charge in [-0.25, -0.2) is 0 Å². The van der Waals surface area contributed by atoms with Gasteiger partial charge in [0.2, 0.25) is 0 Å². The van der Waals surface area contributed by atoms with Crippen LogP contribution >= 0.6 is 0 Å². The molecule has 1 aliphatic heterocycles. The van der Waals surface area contributed by atoms with Gasteiger partial charge < -0.3 is 9.47 Å². The lowest BCUT2D eigenvalue weighted by Gasteiger charge is -2.10.